The highest BCUT2D eigenvalue weighted by molar-refractivity contribution is 5.85. The standard InChI is InChI=1S/C14H21NO/c1-10-8-12(9-11(10)2)14(13(15)16)6-4-3-5-7-14/h8H,3-7,9H2,1-2H3,(H2,15,16). The lowest BCUT2D eigenvalue weighted by Gasteiger charge is -2.36. The average molecular weight is 219 g/mol. The lowest BCUT2D eigenvalue weighted by atomic mass is 9.68. The summed E-state index contributed by atoms with van der Waals surface area (Å²) >= 11 is 0. The number of primary amides is 1. The van der Waals surface area contributed by atoms with Crippen LogP contribution in [0.25, 0.3) is 0 Å². The van der Waals surface area contributed by atoms with E-state index in [0.29, 0.717) is 0 Å². The highest BCUT2D eigenvalue weighted by Crippen LogP contribution is 2.47. The van der Waals surface area contributed by atoms with Gasteiger partial charge in [-0.05, 0) is 33.1 Å². The van der Waals surface area contributed by atoms with E-state index in [0.717, 1.165) is 32.1 Å². The molecule has 0 aromatic heterocycles. The van der Waals surface area contributed by atoms with Crippen molar-refractivity contribution in [2.75, 3.05) is 0 Å². The first-order valence-corrected chi connectivity index (χ1v) is 6.23. The number of carbonyl (C=O) groups is 1. The van der Waals surface area contributed by atoms with Gasteiger partial charge in [0.2, 0.25) is 5.91 Å². The van der Waals surface area contributed by atoms with Gasteiger partial charge in [0, 0.05) is 0 Å². The van der Waals surface area contributed by atoms with Gasteiger partial charge in [-0.2, -0.15) is 0 Å². The summed E-state index contributed by atoms with van der Waals surface area (Å²) in [5.41, 5.74) is 9.34. The normalized spacial score (nSPS) is 24.5. The van der Waals surface area contributed by atoms with Crippen molar-refractivity contribution < 1.29 is 4.79 Å². The molecular formula is C14H21NO. The number of carbonyl (C=O) groups excluding carboxylic acids is 1. The molecule has 1 amide bonds. The minimum absolute atomic E-state index is 0.110. The topological polar surface area (TPSA) is 43.1 Å². The highest BCUT2D eigenvalue weighted by Gasteiger charge is 2.42. The summed E-state index contributed by atoms with van der Waals surface area (Å²) in [5.74, 6) is -0.110. The first-order valence-electron chi connectivity index (χ1n) is 6.23. The Labute approximate surface area is 97.6 Å². The Bertz CT molecular complexity index is 370. The van der Waals surface area contributed by atoms with Crippen molar-refractivity contribution in [3.05, 3.63) is 22.8 Å². The van der Waals surface area contributed by atoms with Crippen molar-refractivity contribution >= 4 is 5.91 Å². The molecule has 2 rings (SSSR count). The zero-order valence-corrected chi connectivity index (χ0v) is 10.3. The largest absolute Gasteiger partial charge is 0.369 e. The lowest BCUT2D eigenvalue weighted by Crippen LogP contribution is -2.40. The van der Waals surface area contributed by atoms with Gasteiger partial charge in [0.05, 0.1) is 5.41 Å². The molecule has 0 atom stereocenters. The molecule has 2 aliphatic rings. The van der Waals surface area contributed by atoms with E-state index in [4.69, 9.17) is 5.73 Å². The van der Waals surface area contributed by atoms with E-state index in [1.54, 1.807) is 0 Å². The van der Waals surface area contributed by atoms with Gasteiger partial charge in [-0.25, -0.2) is 0 Å². The van der Waals surface area contributed by atoms with Crippen LogP contribution in [-0.2, 0) is 4.79 Å². The van der Waals surface area contributed by atoms with Crippen molar-refractivity contribution in [2.24, 2.45) is 11.1 Å². The minimum Gasteiger partial charge on any atom is -0.369 e. The molecule has 2 aliphatic carbocycles. The molecule has 0 aliphatic heterocycles. The number of allylic oxidation sites excluding steroid dienone is 3. The SMILES string of the molecule is CC1=C(C)CC(C2(C(N)=O)CCCCC2)=C1. The van der Waals surface area contributed by atoms with E-state index in [1.165, 1.54) is 23.1 Å². The van der Waals surface area contributed by atoms with Crippen LogP contribution in [0.5, 0.6) is 0 Å². The Morgan fingerprint density at radius 1 is 1.25 bits per heavy atom. The number of amides is 1. The van der Waals surface area contributed by atoms with Crippen LogP contribution >= 0.6 is 0 Å². The third kappa shape index (κ3) is 1.70. The second-order valence-corrected chi connectivity index (χ2v) is 5.32. The molecule has 88 valence electrons. The lowest BCUT2D eigenvalue weighted by molar-refractivity contribution is -0.127. The van der Waals surface area contributed by atoms with Gasteiger partial charge in [0.15, 0.2) is 0 Å². The van der Waals surface area contributed by atoms with Crippen LogP contribution in [0.15, 0.2) is 22.8 Å². The van der Waals surface area contributed by atoms with Gasteiger partial charge in [-0.3, -0.25) is 4.79 Å². The van der Waals surface area contributed by atoms with Gasteiger partial charge in [-0.1, -0.05) is 42.1 Å². The van der Waals surface area contributed by atoms with Gasteiger partial charge in [0.25, 0.3) is 0 Å². The smallest absolute Gasteiger partial charge is 0.227 e. The van der Waals surface area contributed by atoms with Crippen LogP contribution in [0, 0.1) is 5.41 Å². The molecular weight excluding hydrogens is 198 g/mol. The fraction of sp³-hybridized carbons (Fsp3) is 0.643. The van der Waals surface area contributed by atoms with Crippen LogP contribution in [0.3, 0.4) is 0 Å². The van der Waals surface area contributed by atoms with E-state index in [-0.39, 0.29) is 11.3 Å². The zero-order chi connectivity index (χ0) is 11.8. The Morgan fingerprint density at radius 3 is 2.31 bits per heavy atom. The maximum Gasteiger partial charge on any atom is 0.227 e. The Morgan fingerprint density at radius 2 is 1.88 bits per heavy atom. The molecule has 1 fully saturated rings. The molecule has 2 heteroatoms. The van der Waals surface area contributed by atoms with E-state index in [1.807, 2.05) is 0 Å². The van der Waals surface area contributed by atoms with Crippen LogP contribution in [0.2, 0.25) is 0 Å². The van der Waals surface area contributed by atoms with E-state index in [9.17, 15) is 4.79 Å². The van der Waals surface area contributed by atoms with E-state index >= 15 is 0 Å². The van der Waals surface area contributed by atoms with Gasteiger partial charge >= 0.3 is 0 Å². The maximum absolute atomic E-state index is 11.8. The Kier molecular flexibility index (Phi) is 2.92. The predicted molar refractivity (Wildman–Crippen MR) is 65.8 cm³/mol. The quantitative estimate of drug-likeness (QED) is 0.762. The summed E-state index contributed by atoms with van der Waals surface area (Å²) in [6.45, 7) is 4.27. The number of rotatable bonds is 2. The van der Waals surface area contributed by atoms with Crippen LogP contribution < -0.4 is 5.73 Å². The van der Waals surface area contributed by atoms with Crippen molar-refractivity contribution in [3.8, 4) is 0 Å². The molecule has 16 heavy (non-hydrogen) atoms. The minimum atomic E-state index is -0.322. The maximum atomic E-state index is 11.8. The van der Waals surface area contributed by atoms with Crippen molar-refractivity contribution in [2.45, 2.75) is 52.4 Å². The third-order valence-electron chi connectivity index (χ3n) is 4.31. The molecule has 0 heterocycles. The van der Waals surface area contributed by atoms with Gasteiger partial charge < -0.3 is 5.73 Å². The molecule has 2 nitrogen and oxygen atoms in total. The second kappa shape index (κ2) is 4.08. The third-order valence-corrected chi connectivity index (χ3v) is 4.31. The van der Waals surface area contributed by atoms with Crippen molar-refractivity contribution in [3.63, 3.8) is 0 Å². The predicted octanol–water partition coefficient (Wildman–Crippen LogP) is 3.09. The van der Waals surface area contributed by atoms with Gasteiger partial charge in [-0.15, -0.1) is 0 Å². The number of hydrogen-bond acceptors (Lipinski definition) is 1. The molecule has 0 unspecified atom stereocenters. The number of hydrogen-bond donors (Lipinski definition) is 1. The van der Waals surface area contributed by atoms with Crippen LogP contribution in [-0.4, -0.2) is 5.91 Å². The summed E-state index contributed by atoms with van der Waals surface area (Å²) in [5, 5.41) is 0. The fourth-order valence-corrected chi connectivity index (χ4v) is 3.05. The molecule has 0 saturated heterocycles. The van der Waals surface area contributed by atoms with E-state index < -0.39 is 0 Å². The van der Waals surface area contributed by atoms with E-state index in [2.05, 4.69) is 19.9 Å². The molecule has 0 radical (unpaired) electrons. The summed E-state index contributed by atoms with van der Waals surface area (Å²) in [7, 11) is 0. The first-order chi connectivity index (χ1) is 7.56. The number of nitrogens with two attached hydrogens (primary N) is 1. The van der Waals surface area contributed by atoms with Crippen molar-refractivity contribution in [1.29, 1.82) is 0 Å². The second-order valence-electron chi connectivity index (χ2n) is 5.32. The van der Waals surface area contributed by atoms with Crippen molar-refractivity contribution in [1.82, 2.24) is 0 Å². The molecule has 1 saturated carbocycles. The molecule has 0 spiro atoms. The fourth-order valence-electron chi connectivity index (χ4n) is 3.05. The molecule has 0 bridgehead atoms. The van der Waals surface area contributed by atoms with Gasteiger partial charge in [0.1, 0.15) is 0 Å². The summed E-state index contributed by atoms with van der Waals surface area (Å²) in [6.07, 6.45) is 8.58. The summed E-state index contributed by atoms with van der Waals surface area (Å²) in [6, 6.07) is 0. The molecule has 2 N–H and O–H groups in total. The highest BCUT2D eigenvalue weighted by atomic mass is 16.1. The summed E-state index contributed by atoms with van der Waals surface area (Å²) < 4.78 is 0. The summed E-state index contributed by atoms with van der Waals surface area (Å²) in [4.78, 5) is 11.8. The molecule has 0 aromatic rings. The van der Waals surface area contributed by atoms with Crippen LogP contribution in [0.1, 0.15) is 52.4 Å². The van der Waals surface area contributed by atoms with Crippen LogP contribution in [0.4, 0.5) is 0 Å². The monoisotopic (exact) mass is 219 g/mol. The molecule has 0 aromatic carbocycles. The Hall–Kier alpha value is -1.05. The Balaban J connectivity index is 2.29. The average Bonchev–Trinajstić information content (AvgIpc) is 2.60. The zero-order valence-electron chi connectivity index (χ0n) is 10.3. The first kappa shape index (κ1) is 11.4.